The summed E-state index contributed by atoms with van der Waals surface area (Å²) in [4.78, 5) is 23.2. The highest BCUT2D eigenvalue weighted by Gasteiger charge is 2.20. The quantitative estimate of drug-likeness (QED) is 0.563. The van der Waals surface area contributed by atoms with E-state index < -0.39 is 0 Å². The Kier molecular flexibility index (Phi) is 4.49. The van der Waals surface area contributed by atoms with Gasteiger partial charge in [0.2, 0.25) is 17.6 Å². The predicted molar refractivity (Wildman–Crippen MR) is 105 cm³/mol. The molecule has 1 amide bonds. The minimum atomic E-state index is 0.00708. The molecular formula is C20H19N7O2. The minimum Gasteiger partial charge on any atom is -0.340 e. The van der Waals surface area contributed by atoms with Crippen molar-refractivity contribution < 1.29 is 9.32 Å². The second-order valence-corrected chi connectivity index (χ2v) is 6.85. The van der Waals surface area contributed by atoms with Crippen LogP contribution >= 0.6 is 0 Å². The summed E-state index contributed by atoms with van der Waals surface area (Å²) < 4.78 is 7.05. The number of nitrogens with one attached hydrogen (secondary N) is 1. The van der Waals surface area contributed by atoms with Crippen molar-refractivity contribution >= 4 is 11.6 Å². The van der Waals surface area contributed by atoms with Gasteiger partial charge in [-0.25, -0.2) is 9.50 Å². The first-order valence-corrected chi connectivity index (χ1v) is 9.48. The SMILES string of the molecule is O=C(Cc1nc(-c2cccc(-c3cn4ncccc4n3)c2)no1)N1CCNCC1. The number of aromatic nitrogens is 5. The number of nitrogens with zero attached hydrogens (tertiary/aromatic N) is 6. The maximum Gasteiger partial charge on any atom is 0.236 e. The molecule has 5 rings (SSSR count). The van der Waals surface area contributed by atoms with Crippen LogP contribution in [-0.2, 0) is 11.2 Å². The van der Waals surface area contributed by atoms with Gasteiger partial charge in [0, 0.05) is 43.5 Å². The zero-order chi connectivity index (χ0) is 19.6. The van der Waals surface area contributed by atoms with E-state index in [0.29, 0.717) is 24.8 Å². The minimum absolute atomic E-state index is 0.00708. The Morgan fingerprint density at radius 2 is 1.97 bits per heavy atom. The topological polar surface area (TPSA) is 101 Å². The highest BCUT2D eigenvalue weighted by Crippen LogP contribution is 2.24. The number of hydrogen-bond acceptors (Lipinski definition) is 7. The van der Waals surface area contributed by atoms with Gasteiger partial charge >= 0.3 is 0 Å². The number of rotatable bonds is 4. The van der Waals surface area contributed by atoms with Crippen molar-refractivity contribution in [2.45, 2.75) is 6.42 Å². The van der Waals surface area contributed by atoms with Gasteiger partial charge in [-0.1, -0.05) is 23.4 Å². The number of hydrogen-bond donors (Lipinski definition) is 1. The van der Waals surface area contributed by atoms with Crippen LogP contribution in [0.4, 0.5) is 0 Å². The van der Waals surface area contributed by atoms with E-state index in [0.717, 1.165) is 35.6 Å². The molecule has 9 heteroatoms. The van der Waals surface area contributed by atoms with Crippen molar-refractivity contribution in [2.24, 2.45) is 0 Å². The maximum absolute atomic E-state index is 12.4. The first kappa shape index (κ1) is 17.5. The molecule has 0 saturated carbocycles. The van der Waals surface area contributed by atoms with E-state index in [1.807, 2.05) is 47.5 Å². The van der Waals surface area contributed by atoms with Gasteiger partial charge in [0.1, 0.15) is 6.42 Å². The summed E-state index contributed by atoms with van der Waals surface area (Å²) in [7, 11) is 0. The van der Waals surface area contributed by atoms with Crippen LogP contribution in [0.15, 0.2) is 53.3 Å². The Bertz CT molecular complexity index is 1130. The Morgan fingerprint density at radius 3 is 2.83 bits per heavy atom. The Balaban J connectivity index is 1.36. The molecule has 1 saturated heterocycles. The van der Waals surface area contributed by atoms with Crippen LogP contribution in [0.1, 0.15) is 5.89 Å². The summed E-state index contributed by atoms with van der Waals surface area (Å²) >= 11 is 0. The number of carbonyl (C=O) groups is 1. The van der Waals surface area contributed by atoms with Gasteiger partial charge in [0.15, 0.2) is 5.65 Å². The van der Waals surface area contributed by atoms with Gasteiger partial charge in [-0.2, -0.15) is 10.1 Å². The second-order valence-electron chi connectivity index (χ2n) is 6.85. The van der Waals surface area contributed by atoms with Crippen molar-refractivity contribution in [3.63, 3.8) is 0 Å². The average Bonchev–Trinajstić information content (AvgIpc) is 3.41. The molecule has 1 fully saturated rings. The smallest absolute Gasteiger partial charge is 0.236 e. The van der Waals surface area contributed by atoms with Crippen LogP contribution in [0.3, 0.4) is 0 Å². The molecule has 0 bridgehead atoms. The molecule has 1 N–H and O–H groups in total. The zero-order valence-corrected chi connectivity index (χ0v) is 15.7. The standard InChI is InChI=1S/C20H19N7O2/c28-19(26-9-7-21-8-10-26)12-18-24-20(25-29-18)15-4-1-3-14(11-15)16-13-27-17(23-16)5-2-6-22-27/h1-6,11,13,21H,7-10,12H2. The molecule has 0 spiro atoms. The molecule has 1 aliphatic rings. The molecular weight excluding hydrogens is 370 g/mol. The van der Waals surface area contributed by atoms with Gasteiger partial charge in [-0.15, -0.1) is 0 Å². The lowest BCUT2D eigenvalue weighted by Crippen LogP contribution is -2.46. The summed E-state index contributed by atoms with van der Waals surface area (Å²) in [5.41, 5.74) is 3.32. The van der Waals surface area contributed by atoms with Crippen molar-refractivity contribution in [2.75, 3.05) is 26.2 Å². The van der Waals surface area contributed by atoms with Gasteiger partial charge < -0.3 is 14.7 Å². The third-order valence-electron chi connectivity index (χ3n) is 4.89. The van der Waals surface area contributed by atoms with Crippen LogP contribution in [0.25, 0.3) is 28.3 Å². The number of piperazine rings is 1. The summed E-state index contributed by atoms with van der Waals surface area (Å²) in [6, 6.07) is 11.5. The lowest BCUT2D eigenvalue weighted by molar-refractivity contribution is -0.131. The fraction of sp³-hybridized carbons (Fsp3) is 0.250. The first-order valence-electron chi connectivity index (χ1n) is 9.48. The summed E-state index contributed by atoms with van der Waals surface area (Å²) in [6.45, 7) is 3.03. The van der Waals surface area contributed by atoms with Crippen LogP contribution in [0.5, 0.6) is 0 Å². The summed E-state index contributed by atoms with van der Waals surface area (Å²) in [5.74, 6) is 0.787. The molecule has 4 heterocycles. The lowest BCUT2D eigenvalue weighted by Gasteiger charge is -2.26. The number of fused-ring (bicyclic) bond motifs is 1. The monoisotopic (exact) mass is 389 g/mol. The van der Waals surface area contributed by atoms with Crippen LogP contribution < -0.4 is 5.32 Å². The third kappa shape index (κ3) is 3.59. The highest BCUT2D eigenvalue weighted by molar-refractivity contribution is 5.78. The van der Waals surface area contributed by atoms with E-state index in [9.17, 15) is 4.79 Å². The van der Waals surface area contributed by atoms with E-state index in [2.05, 4.69) is 25.5 Å². The molecule has 0 aliphatic carbocycles. The van der Waals surface area contributed by atoms with E-state index in [-0.39, 0.29) is 12.3 Å². The van der Waals surface area contributed by atoms with E-state index in [1.54, 1.807) is 10.7 Å². The van der Waals surface area contributed by atoms with Crippen LogP contribution in [0, 0.1) is 0 Å². The largest absolute Gasteiger partial charge is 0.340 e. The fourth-order valence-corrected chi connectivity index (χ4v) is 3.39. The summed E-state index contributed by atoms with van der Waals surface area (Å²) in [6.07, 6.45) is 3.71. The molecule has 0 unspecified atom stereocenters. The van der Waals surface area contributed by atoms with Gasteiger partial charge in [-0.05, 0) is 18.2 Å². The first-order chi connectivity index (χ1) is 14.3. The number of imidazole rings is 1. The molecule has 0 atom stereocenters. The Labute approximate surface area is 166 Å². The number of carbonyl (C=O) groups excluding carboxylic acids is 1. The second kappa shape index (κ2) is 7.44. The average molecular weight is 389 g/mol. The zero-order valence-electron chi connectivity index (χ0n) is 15.7. The highest BCUT2D eigenvalue weighted by atomic mass is 16.5. The molecule has 9 nitrogen and oxygen atoms in total. The third-order valence-corrected chi connectivity index (χ3v) is 4.89. The van der Waals surface area contributed by atoms with Crippen molar-refractivity contribution in [1.29, 1.82) is 0 Å². The number of amides is 1. The van der Waals surface area contributed by atoms with E-state index >= 15 is 0 Å². The lowest BCUT2D eigenvalue weighted by atomic mass is 10.1. The molecule has 0 radical (unpaired) electrons. The number of benzene rings is 1. The Morgan fingerprint density at radius 1 is 1.10 bits per heavy atom. The molecule has 1 aromatic carbocycles. The molecule has 146 valence electrons. The van der Waals surface area contributed by atoms with Crippen molar-refractivity contribution in [3.05, 3.63) is 54.7 Å². The summed E-state index contributed by atoms with van der Waals surface area (Å²) in [5, 5.41) is 11.5. The normalized spacial score (nSPS) is 14.4. The van der Waals surface area contributed by atoms with Gasteiger partial charge in [0.05, 0.1) is 11.9 Å². The van der Waals surface area contributed by atoms with Crippen molar-refractivity contribution in [3.8, 4) is 22.6 Å². The fourth-order valence-electron chi connectivity index (χ4n) is 3.39. The van der Waals surface area contributed by atoms with Crippen molar-refractivity contribution in [1.82, 2.24) is 35.0 Å². The maximum atomic E-state index is 12.4. The van der Waals surface area contributed by atoms with E-state index in [4.69, 9.17) is 4.52 Å². The molecule has 29 heavy (non-hydrogen) atoms. The molecule has 3 aromatic heterocycles. The molecule has 1 aliphatic heterocycles. The molecule has 4 aromatic rings. The van der Waals surface area contributed by atoms with E-state index in [1.165, 1.54) is 0 Å². The Hall–Kier alpha value is -3.59. The van der Waals surface area contributed by atoms with Gasteiger partial charge in [0.25, 0.3) is 0 Å². The van der Waals surface area contributed by atoms with Gasteiger partial charge in [-0.3, -0.25) is 4.79 Å². The van der Waals surface area contributed by atoms with Crippen LogP contribution in [0.2, 0.25) is 0 Å². The van der Waals surface area contributed by atoms with Crippen LogP contribution in [-0.4, -0.2) is 61.7 Å². The predicted octanol–water partition coefficient (Wildman–Crippen LogP) is 1.42.